The fourth-order valence-electron chi connectivity index (χ4n) is 2.65. The first-order chi connectivity index (χ1) is 11.5. The summed E-state index contributed by atoms with van der Waals surface area (Å²) in [6.07, 6.45) is 0. The zero-order valence-electron chi connectivity index (χ0n) is 13.4. The van der Waals surface area contributed by atoms with Crippen molar-refractivity contribution in [2.24, 2.45) is 5.73 Å². The van der Waals surface area contributed by atoms with E-state index < -0.39 is 5.91 Å². The maximum absolute atomic E-state index is 11.9. The van der Waals surface area contributed by atoms with Crippen molar-refractivity contribution in [1.29, 1.82) is 0 Å². The number of rotatable bonds is 5. The van der Waals surface area contributed by atoms with Gasteiger partial charge >= 0.3 is 0 Å². The summed E-state index contributed by atoms with van der Waals surface area (Å²) in [6.45, 7) is 2.52. The van der Waals surface area contributed by atoms with Crippen LogP contribution < -0.4 is 20.7 Å². The van der Waals surface area contributed by atoms with Crippen LogP contribution in [0.3, 0.4) is 0 Å². The van der Waals surface area contributed by atoms with Gasteiger partial charge in [0.1, 0.15) is 12.3 Å². The Morgan fingerprint density at radius 2 is 2.08 bits per heavy atom. The molecule has 6 nitrogen and oxygen atoms in total. The molecule has 6 heteroatoms. The molecule has 0 saturated carbocycles. The number of ether oxygens (including phenoxy) is 1. The molecule has 1 aliphatic rings. The second-order valence-corrected chi connectivity index (χ2v) is 5.70. The fraction of sp³-hybridized carbons (Fsp3) is 0.222. The Kier molecular flexibility index (Phi) is 4.37. The van der Waals surface area contributed by atoms with Gasteiger partial charge in [0.25, 0.3) is 5.91 Å². The van der Waals surface area contributed by atoms with Crippen molar-refractivity contribution in [3.05, 3.63) is 53.6 Å². The Hall–Kier alpha value is -3.02. The van der Waals surface area contributed by atoms with Gasteiger partial charge in [0.05, 0.1) is 5.69 Å². The van der Waals surface area contributed by atoms with Crippen LogP contribution >= 0.6 is 0 Å². The standard InChI is InChI=1S/C18H19N3O3/c1-12-4-2-3-5-13(12)9-20-14-6-7-15-16(8-14)24-11-18(23)21(15)10-17(19)22/h2-8,20H,9-11H2,1H3,(H2,19,22). The van der Waals surface area contributed by atoms with Crippen molar-refractivity contribution in [2.45, 2.75) is 13.5 Å². The molecule has 0 atom stereocenters. The minimum absolute atomic E-state index is 0.0957. The summed E-state index contributed by atoms with van der Waals surface area (Å²) in [5.74, 6) is -0.273. The summed E-state index contributed by atoms with van der Waals surface area (Å²) in [5.41, 5.74) is 9.08. The molecule has 3 rings (SSSR count). The van der Waals surface area contributed by atoms with Gasteiger partial charge in [-0.25, -0.2) is 0 Å². The third kappa shape index (κ3) is 3.32. The van der Waals surface area contributed by atoms with E-state index in [9.17, 15) is 9.59 Å². The van der Waals surface area contributed by atoms with Crippen LogP contribution in [0.25, 0.3) is 0 Å². The Morgan fingerprint density at radius 1 is 1.29 bits per heavy atom. The van der Waals surface area contributed by atoms with Crippen LogP contribution in [0.1, 0.15) is 11.1 Å². The number of amides is 2. The molecule has 0 unspecified atom stereocenters. The molecule has 0 saturated heterocycles. The van der Waals surface area contributed by atoms with Crippen molar-refractivity contribution in [2.75, 3.05) is 23.4 Å². The number of carbonyl (C=O) groups is 2. The van der Waals surface area contributed by atoms with Gasteiger partial charge in [0.2, 0.25) is 5.91 Å². The third-order valence-electron chi connectivity index (χ3n) is 3.96. The number of fused-ring (bicyclic) bond motifs is 1. The van der Waals surface area contributed by atoms with Gasteiger partial charge in [-0.15, -0.1) is 0 Å². The van der Waals surface area contributed by atoms with E-state index in [-0.39, 0.29) is 19.1 Å². The highest BCUT2D eigenvalue weighted by molar-refractivity contribution is 6.02. The first-order valence-electron chi connectivity index (χ1n) is 7.68. The van der Waals surface area contributed by atoms with Gasteiger partial charge in [-0.3, -0.25) is 14.5 Å². The maximum atomic E-state index is 11.9. The molecule has 2 aromatic rings. The average molecular weight is 325 g/mol. The lowest BCUT2D eigenvalue weighted by molar-refractivity contribution is -0.124. The second kappa shape index (κ2) is 6.62. The van der Waals surface area contributed by atoms with Gasteiger partial charge in [0, 0.05) is 18.3 Å². The van der Waals surface area contributed by atoms with Crippen molar-refractivity contribution >= 4 is 23.2 Å². The summed E-state index contributed by atoms with van der Waals surface area (Å²) in [4.78, 5) is 24.4. The number of hydrogen-bond donors (Lipinski definition) is 2. The highest BCUT2D eigenvalue weighted by Gasteiger charge is 2.26. The summed E-state index contributed by atoms with van der Waals surface area (Å²) >= 11 is 0. The Morgan fingerprint density at radius 3 is 2.83 bits per heavy atom. The third-order valence-corrected chi connectivity index (χ3v) is 3.96. The lowest BCUT2D eigenvalue weighted by Gasteiger charge is -2.28. The number of carbonyl (C=O) groups excluding carboxylic acids is 2. The van der Waals surface area contributed by atoms with E-state index in [1.807, 2.05) is 24.3 Å². The van der Waals surface area contributed by atoms with Crippen molar-refractivity contribution in [3.63, 3.8) is 0 Å². The quantitative estimate of drug-likeness (QED) is 0.878. The average Bonchev–Trinajstić information content (AvgIpc) is 2.56. The highest BCUT2D eigenvalue weighted by Crippen LogP contribution is 2.34. The van der Waals surface area contributed by atoms with Crippen molar-refractivity contribution < 1.29 is 14.3 Å². The van der Waals surface area contributed by atoms with Crippen LogP contribution in [0.15, 0.2) is 42.5 Å². The van der Waals surface area contributed by atoms with E-state index in [1.54, 1.807) is 6.07 Å². The van der Waals surface area contributed by atoms with Crippen LogP contribution in [0.4, 0.5) is 11.4 Å². The van der Waals surface area contributed by atoms with Crippen LogP contribution in [-0.2, 0) is 16.1 Å². The summed E-state index contributed by atoms with van der Waals surface area (Å²) in [6, 6.07) is 13.6. The lowest BCUT2D eigenvalue weighted by Crippen LogP contribution is -2.43. The fourth-order valence-corrected chi connectivity index (χ4v) is 2.65. The maximum Gasteiger partial charge on any atom is 0.265 e. The number of primary amides is 1. The van der Waals surface area contributed by atoms with Crippen LogP contribution in [0, 0.1) is 6.92 Å². The van der Waals surface area contributed by atoms with E-state index in [1.165, 1.54) is 16.0 Å². The number of anilines is 2. The first-order valence-corrected chi connectivity index (χ1v) is 7.68. The lowest BCUT2D eigenvalue weighted by atomic mass is 10.1. The number of benzene rings is 2. The van der Waals surface area contributed by atoms with Crippen LogP contribution in [0.5, 0.6) is 5.75 Å². The molecule has 0 spiro atoms. The van der Waals surface area contributed by atoms with Gasteiger partial charge < -0.3 is 15.8 Å². The van der Waals surface area contributed by atoms with Crippen molar-refractivity contribution in [1.82, 2.24) is 0 Å². The number of nitrogens with one attached hydrogen (secondary N) is 1. The zero-order chi connectivity index (χ0) is 17.1. The number of nitrogens with two attached hydrogens (primary N) is 1. The summed E-state index contributed by atoms with van der Waals surface area (Å²) in [7, 11) is 0. The van der Waals surface area contributed by atoms with Gasteiger partial charge in [-0.1, -0.05) is 24.3 Å². The minimum Gasteiger partial charge on any atom is -0.481 e. The van der Waals surface area contributed by atoms with E-state index in [0.717, 1.165) is 5.69 Å². The molecule has 0 aliphatic carbocycles. The normalized spacial score (nSPS) is 13.2. The van der Waals surface area contributed by atoms with E-state index >= 15 is 0 Å². The van der Waals surface area contributed by atoms with Gasteiger partial charge in [-0.2, -0.15) is 0 Å². The first kappa shape index (κ1) is 15.9. The smallest absolute Gasteiger partial charge is 0.265 e. The number of aryl methyl sites for hydroxylation is 1. The zero-order valence-corrected chi connectivity index (χ0v) is 13.4. The second-order valence-electron chi connectivity index (χ2n) is 5.70. The largest absolute Gasteiger partial charge is 0.481 e. The molecule has 0 radical (unpaired) electrons. The SMILES string of the molecule is Cc1ccccc1CNc1ccc2c(c1)OCC(=O)N2CC(N)=O. The van der Waals surface area contributed by atoms with Crippen molar-refractivity contribution in [3.8, 4) is 5.75 Å². The van der Waals surface area contributed by atoms with E-state index in [2.05, 4.69) is 24.4 Å². The molecule has 0 fully saturated rings. The molecule has 1 aliphatic heterocycles. The van der Waals surface area contributed by atoms with E-state index in [4.69, 9.17) is 10.5 Å². The van der Waals surface area contributed by atoms with Crippen LogP contribution in [-0.4, -0.2) is 25.0 Å². The molecule has 24 heavy (non-hydrogen) atoms. The molecule has 3 N–H and O–H groups in total. The Labute approximate surface area is 140 Å². The molecule has 0 aromatic heterocycles. The molecular formula is C18H19N3O3. The molecular weight excluding hydrogens is 306 g/mol. The Bertz CT molecular complexity index is 789. The molecule has 1 heterocycles. The number of nitrogens with zero attached hydrogens (tertiary/aromatic N) is 1. The van der Waals surface area contributed by atoms with Gasteiger partial charge in [0.15, 0.2) is 6.61 Å². The molecule has 0 bridgehead atoms. The Balaban J connectivity index is 1.77. The van der Waals surface area contributed by atoms with E-state index in [0.29, 0.717) is 18.0 Å². The van der Waals surface area contributed by atoms with Crippen LogP contribution in [0.2, 0.25) is 0 Å². The molecule has 2 amide bonds. The summed E-state index contributed by atoms with van der Waals surface area (Å²) < 4.78 is 5.48. The monoisotopic (exact) mass is 325 g/mol. The minimum atomic E-state index is -0.557. The number of hydrogen-bond acceptors (Lipinski definition) is 4. The predicted molar refractivity (Wildman–Crippen MR) is 92.0 cm³/mol. The van der Waals surface area contributed by atoms with Gasteiger partial charge in [-0.05, 0) is 30.2 Å². The summed E-state index contributed by atoms with van der Waals surface area (Å²) in [5, 5.41) is 3.34. The molecule has 124 valence electrons. The molecule has 2 aromatic carbocycles. The highest BCUT2D eigenvalue weighted by atomic mass is 16.5. The predicted octanol–water partition coefficient (Wildman–Crippen LogP) is 1.82. The topological polar surface area (TPSA) is 84.7 Å².